The van der Waals surface area contributed by atoms with Gasteiger partial charge in [-0.3, -0.25) is 4.98 Å². The summed E-state index contributed by atoms with van der Waals surface area (Å²) in [5, 5.41) is 11.0. The number of nitrogens with one attached hydrogen (secondary N) is 1. The van der Waals surface area contributed by atoms with E-state index in [1.807, 2.05) is 53.5 Å². The molecule has 0 saturated heterocycles. The van der Waals surface area contributed by atoms with Crippen LogP contribution in [0, 0.1) is 5.82 Å². The van der Waals surface area contributed by atoms with Gasteiger partial charge >= 0.3 is 0 Å². The van der Waals surface area contributed by atoms with Gasteiger partial charge in [-0.2, -0.15) is 5.10 Å². The standard InChI is InChI=1S/C22H15FN4/c23-16-6-8-18(9-7-16)27-22-15(13-25-27)12-21(20-14-24-11-10-19(20)22)26-17-4-2-1-3-5-17/h1-14,26H. The first-order valence-electron chi connectivity index (χ1n) is 8.62. The first-order chi connectivity index (χ1) is 13.3. The molecule has 0 atom stereocenters. The van der Waals surface area contributed by atoms with E-state index in [9.17, 15) is 4.39 Å². The quantitative estimate of drug-likeness (QED) is 0.468. The van der Waals surface area contributed by atoms with Crippen molar-refractivity contribution in [2.45, 2.75) is 0 Å². The maximum Gasteiger partial charge on any atom is 0.123 e. The Morgan fingerprint density at radius 3 is 2.48 bits per heavy atom. The van der Waals surface area contributed by atoms with E-state index in [0.717, 1.165) is 38.7 Å². The molecule has 0 unspecified atom stereocenters. The van der Waals surface area contributed by atoms with Gasteiger partial charge in [0.05, 0.1) is 17.4 Å². The Kier molecular flexibility index (Phi) is 3.57. The second-order valence-electron chi connectivity index (χ2n) is 6.31. The van der Waals surface area contributed by atoms with Crippen LogP contribution in [0.25, 0.3) is 27.4 Å². The Balaban J connectivity index is 1.74. The fourth-order valence-corrected chi connectivity index (χ4v) is 3.34. The third kappa shape index (κ3) is 2.69. The first kappa shape index (κ1) is 15.5. The maximum atomic E-state index is 13.3. The molecular formula is C22H15FN4. The molecule has 0 aliphatic carbocycles. The number of fused-ring (bicyclic) bond motifs is 3. The Bertz CT molecular complexity index is 1240. The molecule has 0 spiro atoms. The summed E-state index contributed by atoms with van der Waals surface area (Å²) < 4.78 is 15.1. The lowest BCUT2D eigenvalue weighted by atomic mass is 10.1. The second-order valence-corrected chi connectivity index (χ2v) is 6.31. The van der Waals surface area contributed by atoms with Crippen LogP contribution in [0.3, 0.4) is 0 Å². The predicted octanol–water partition coefficient (Wildman–Crippen LogP) is 5.46. The molecule has 4 nitrogen and oxygen atoms in total. The van der Waals surface area contributed by atoms with E-state index in [1.165, 1.54) is 12.1 Å². The minimum absolute atomic E-state index is 0.265. The SMILES string of the molecule is Fc1ccc(-n2ncc3cc(Nc4ccccc4)c4cnccc4c32)cc1. The third-order valence-corrected chi connectivity index (χ3v) is 4.59. The number of hydrogen-bond donors (Lipinski definition) is 1. The van der Waals surface area contributed by atoms with E-state index in [2.05, 4.69) is 21.5 Å². The van der Waals surface area contributed by atoms with Crippen LogP contribution >= 0.6 is 0 Å². The van der Waals surface area contributed by atoms with Crippen molar-refractivity contribution in [3.05, 3.63) is 91.1 Å². The predicted molar refractivity (Wildman–Crippen MR) is 106 cm³/mol. The lowest BCUT2D eigenvalue weighted by Crippen LogP contribution is -1.98. The molecule has 0 bridgehead atoms. The number of anilines is 2. The van der Waals surface area contributed by atoms with Crippen molar-refractivity contribution in [3.8, 4) is 5.69 Å². The normalized spacial score (nSPS) is 11.1. The molecule has 5 aromatic rings. The largest absolute Gasteiger partial charge is 0.355 e. The van der Waals surface area contributed by atoms with Crippen LogP contribution in [-0.4, -0.2) is 14.8 Å². The molecule has 3 aromatic carbocycles. The van der Waals surface area contributed by atoms with Crippen molar-refractivity contribution >= 4 is 33.1 Å². The lowest BCUT2D eigenvalue weighted by molar-refractivity contribution is 0.627. The van der Waals surface area contributed by atoms with Crippen LogP contribution < -0.4 is 5.32 Å². The number of nitrogens with zero attached hydrogens (tertiary/aromatic N) is 3. The zero-order valence-corrected chi connectivity index (χ0v) is 14.3. The molecule has 27 heavy (non-hydrogen) atoms. The fraction of sp³-hybridized carbons (Fsp3) is 0. The summed E-state index contributed by atoms with van der Waals surface area (Å²) in [6.07, 6.45) is 5.45. The van der Waals surface area contributed by atoms with E-state index in [1.54, 1.807) is 18.3 Å². The molecule has 0 saturated carbocycles. The van der Waals surface area contributed by atoms with Crippen molar-refractivity contribution in [3.63, 3.8) is 0 Å². The van der Waals surface area contributed by atoms with Crippen LogP contribution in [0.2, 0.25) is 0 Å². The topological polar surface area (TPSA) is 42.7 Å². The number of pyridine rings is 1. The van der Waals surface area contributed by atoms with Gasteiger partial charge in [0.25, 0.3) is 0 Å². The summed E-state index contributed by atoms with van der Waals surface area (Å²) >= 11 is 0. The van der Waals surface area contributed by atoms with E-state index in [0.29, 0.717) is 0 Å². The molecule has 0 fully saturated rings. The molecule has 1 N–H and O–H groups in total. The molecule has 2 aromatic heterocycles. The lowest BCUT2D eigenvalue weighted by Gasteiger charge is -2.12. The van der Waals surface area contributed by atoms with Crippen LogP contribution in [0.1, 0.15) is 0 Å². The zero-order valence-electron chi connectivity index (χ0n) is 14.3. The summed E-state index contributed by atoms with van der Waals surface area (Å²) in [4.78, 5) is 4.30. The highest BCUT2D eigenvalue weighted by atomic mass is 19.1. The third-order valence-electron chi connectivity index (χ3n) is 4.59. The van der Waals surface area contributed by atoms with Crippen molar-refractivity contribution in [2.75, 3.05) is 5.32 Å². The molecule has 0 amide bonds. The van der Waals surface area contributed by atoms with Crippen LogP contribution in [0.15, 0.2) is 85.3 Å². The molecule has 0 aliphatic rings. The van der Waals surface area contributed by atoms with E-state index >= 15 is 0 Å². The fourth-order valence-electron chi connectivity index (χ4n) is 3.34. The number of halogens is 1. The van der Waals surface area contributed by atoms with Crippen LogP contribution in [-0.2, 0) is 0 Å². The van der Waals surface area contributed by atoms with E-state index in [-0.39, 0.29) is 5.82 Å². The number of para-hydroxylation sites is 1. The zero-order chi connectivity index (χ0) is 18.2. The number of aromatic nitrogens is 3. The molecule has 2 heterocycles. The first-order valence-corrected chi connectivity index (χ1v) is 8.62. The molecule has 130 valence electrons. The maximum absolute atomic E-state index is 13.3. The molecular weight excluding hydrogens is 339 g/mol. The van der Waals surface area contributed by atoms with Crippen molar-refractivity contribution in [2.24, 2.45) is 0 Å². The number of benzene rings is 3. The van der Waals surface area contributed by atoms with Gasteiger partial charge in [0.1, 0.15) is 5.82 Å². The van der Waals surface area contributed by atoms with Gasteiger partial charge in [-0.05, 0) is 48.5 Å². The van der Waals surface area contributed by atoms with Crippen LogP contribution in [0.5, 0.6) is 0 Å². The van der Waals surface area contributed by atoms with Gasteiger partial charge in [0, 0.05) is 39.9 Å². The second kappa shape index (κ2) is 6.21. The van der Waals surface area contributed by atoms with E-state index in [4.69, 9.17) is 0 Å². The highest BCUT2D eigenvalue weighted by Gasteiger charge is 2.13. The van der Waals surface area contributed by atoms with Crippen LogP contribution in [0.4, 0.5) is 15.8 Å². The molecule has 0 radical (unpaired) electrons. The van der Waals surface area contributed by atoms with Gasteiger partial charge in [-0.1, -0.05) is 18.2 Å². The van der Waals surface area contributed by atoms with Crippen molar-refractivity contribution < 1.29 is 4.39 Å². The van der Waals surface area contributed by atoms with Gasteiger partial charge < -0.3 is 5.32 Å². The van der Waals surface area contributed by atoms with Gasteiger partial charge in [-0.15, -0.1) is 0 Å². The average Bonchev–Trinajstić information content (AvgIpc) is 3.14. The highest BCUT2D eigenvalue weighted by molar-refractivity contribution is 6.12. The Labute approximate surface area is 154 Å². The monoisotopic (exact) mass is 354 g/mol. The van der Waals surface area contributed by atoms with Gasteiger partial charge in [-0.25, -0.2) is 9.07 Å². The summed E-state index contributed by atoms with van der Waals surface area (Å²) in [6.45, 7) is 0. The van der Waals surface area contributed by atoms with Crippen molar-refractivity contribution in [1.82, 2.24) is 14.8 Å². The molecule has 0 aliphatic heterocycles. The Morgan fingerprint density at radius 1 is 0.852 bits per heavy atom. The number of hydrogen-bond acceptors (Lipinski definition) is 3. The smallest absolute Gasteiger partial charge is 0.123 e. The summed E-state index contributed by atoms with van der Waals surface area (Å²) in [5.74, 6) is -0.265. The Morgan fingerprint density at radius 2 is 1.67 bits per heavy atom. The van der Waals surface area contributed by atoms with E-state index < -0.39 is 0 Å². The molecule has 5 rings (SSSR count). The highest BCUT2D eigenvalue weighted by Crippen LogP contribution is 2.34. The van der Waals surface area contributed by atoms with Crippen molar-refractivity contribution in [1.29, 1.82) is 0 Å². The summed E-state index contributed by atoms with van der Waals surface area (Å²) in [5.41, 5.74) is 3.76. The van der Waals surface area contributed by atoms with Gasteiger partial charge in [0.2, 0.25) is 0 Å². The average molecular weight is 354 g/mol. The summed E-state index contributed by atoms with van der Waals surface area (Å²) in [7, 11) is 0. The minimum Gasteiger partial charge on any atom is -0.355 e. The number of rotatable bonds is 3. The Hall–Kier alpha value is -3.73. The van der Waals surface area contributed by atoms with Gasteiger partial charge in [0.15, 0.2) is 0 Å². The minimum atomic E-state index is -0.265. The molecule has 5 heteroatoms. The summed E-state index contributed by atoms with van der Waals surface area (Å²) in [6, 6.07) is 20.4.